The summed E-state index contributed by atoms with van der Waals surface area (Å²) in [5.41, 5.74) is 0.775. The molecule has 8 nitrogen and oxygen atoms in total. The number of nitrogens with zero attached hydrogens (tertiary/aromatic N) is 1. The first kappa shape index (κ1) is 26.5. The number of halogens is 1. The van der Waals surface area contributed by atoms with Gasteiger partial charge >= 0.3 is 0 Å². The van der Waals surface area contributed by atoms with Gasteiger partial charge in [-0.1, -0.05) is 6.07 Å². The van der Waals surface area contributed by atoms with Crippen LogP contribution in [0.15, 0.2) is 41.4 Å². The van der Waals surface area contributed by atoms with Crippen LogP contribution in [-0.2, 0) is 0 Å². The molecule has 0 aliphatic heterocycles. The summed E-state index contributed by atoms with van der Waals surface area (Å²) in [7, 11) is 6.38. The van der Waals surface area contributed by atoms with E-state index in [1.807, 2.05) is 43.3 Å². The molecule has 0 aliphatic carbocycles. The fraction of sp³-hybridized carbons (Fsp3) is 0.409. The molecule has 0 bridgehead atoms. The van der Waals surface area contributed by atoms with Crippen LogP contribution >= 0.6 is 24.0 Å². The molecule has 31 heavy (non-hydrogen) atoms. The van der Waals surface area contributed by atoms with E-state index in [-0.39, 0.29) is 24.0 Å². The average Bonchev–Trinajstić information content (AvgIpc) is 2.78. The Morgan fingerprint density at radius 1 is 0.903 bits per heavy atom. The lowest BCUT2D eigenvalue weighted by atomic mass is 10.2. The van der Waals surface area contributed by atoms with Crippen molar-refractivity contribution in [2.24, 2.45) is 4.99 Å². The van der Waals surface area contributed by atoms with Crippen molar-refractivity contribution in [2.45, 2.75) is 13.3 Å². The third-order valence-corrected chi connectivity index (χ3v) is 4.15. The van der Waals surface area contributed by atoms with Gasteiger partial charge in [-0.3, -0.25) is 4.99 Å². The highest BCUT2D eigenvalue weighted by Crippen LogP contribution is 2.39. The van der Waals surface area contributed by atoms with Gasteiger partial charge in [0, 0.05) is 43.4 Å². The summed E-state index contributed by atoms with van der Waals surface area (Å²) in [5, 5.41) is 6.50. The molecular weight excluding hydrogens is 513 g/mol. The SMILES string of the molecule is CCNC(=NCCCOc1cccc(OC)c1)Nc1cc(OC)c(OC)c(OC)c1.I. The number of nitrogens with one attached hydrogen (secondary N) is 2. The van der Waals surface area contributed by atoms with Gasteiger partial charge in [-0.2, -0.15) is 0 Å². The fourth-order valence-electron chi connectivity index (χ4n) is 2.73. The van der Waals surface area contributed by atoms with Crippen LogP contribution in [0.1, 0.15) is 13.3 Å². The number of rotatable bonds is 11. The Balaban J connectivity index is 0.00000480. The van der Waals surface area contributed by atoms with Crippen LogP contribution in [0, 0.1) is 0 Å². The quantitative estimate of drug-likeness (QED) is 0.190. The lowest BCUT2D eigenvalue weighted by molar-refractivity contribution is 0.311. The van der Waals surface area contributed by atoms with Gasteiger partial charge in [0.2, 0.25) is 5.75 Å². The molecule has 0 aromatic heterocycles. The predicted molar refractivity (Wildman–Crippen MR) is 134 cm³/mol. The largest absolute Gasteiger partial charge is 0.497 e. The summed E-state index contributed by atoms with van der Waals surface area (Å²) in [5.74, 6) is 3.90. The van der Waals surface area contributed by atoms with Gasteiger partial charge in [0.05, 0.1) is 35.0 Å². The van der Waals surface area contributed by atoms with E-state index in [1.165, 1.54) is 0 Å². The molecule has 0 aliphatic rings. The van der Waals surface area contributed by atoms with Crippen LogP contribution in [-0.4, -0.2) is 54.1 Å². The van der Waals surface area contributed by atoms with Crippen molar-refractivity contribution in [3.8, 4) is 28.7 Å². The van der Waals surface area contributed by atoms with Crippen molar-refractivity contribution < 1.29 is 23.7 Å². The van der Waals surface area contributed by atoms with E-state index in [0.717, 1.165) is 30.2 Å². The van der Waals surface area contributed by atoms with E-state index in [9.17, 15) is 0 Å². The minimum atomic E-state index is 0. The zero-order chi connectivity index (χ0) is 21.8. The maximum atomic E-state index is 5.76. The summed E-state index contributed by atoms with van der Waals surface area (Å²) in [6.07, 6.45) is 0.767. The second-order valence-corrected chi connectivity index (χ2v) is 6.18. The second kappa shape index (κ2) is 14.4. The van der Waals surface area contributed by atoms with Crippen molar-refractivity contribution >= 4 is 35.6 Å². The maximum absolute atomic E-state index is 5.76. The number of aliphatic imine (C=N–C) groups is 1. The molecule has 0 unspecified atom stereocenters. The molecule has 0 radical (unpaired) electrons. The Hall–Kier alpha value is -2.56. The molecule has 0 saturated carbocycles. The van der Waals surface area contributed by atoms with E-state index in [1.54, 1.807) is 28.4 Å². The number of anilines is 1. The van der Waals surface area contributed by atoms with Gasteiger partial charge < -0.3 is 34.3 Å². The van der Waals surface area contributed by atoms with Crippen LogP contribution < -0.4 is 34.3 Å². The maximum Gasteiger partial charge on any atom is 0.203 e. The molecule has 2 aromatic rings. The molecule has 0 fully saturated rings. The number of hydrogen-bond donors (Lipinski definition) is 2. The minimum absolute atomic E-state index is 0. The van der Waals surface area contributed by atoms with Crippen LogP contribution in [0.5, 0.6) is 28.7 Å². The van der Waals surface area contributed by atoms with Crippen LogP contribution in [0.25, 0.3) is 0 Å². The Kier molecular flexibility index (Phi) is 12.3. The minimum Gasteiger partial charge on any atom is -0.497 e. The van der Waals surface area contributed by atoms with Gasteiger partial charge in [0.15, 0.2) is 17.5 Å². The summed E-state index contributed by atoms with van der Waals surface area (Å²) in [6, 6.07) is 11.2. The molecule has 9 heteroatoms. The number of guanidine groups is 1. The van der Waals surface area contributed by atoms with E-state index >= 15 is 0 Å². The van der Waals surface area contributed by atoms with Gasteiger partial charge in [0.25, 0.3) is 0 Å². The van der Waals surface area contributed by atoms with E-state index in [2.05, 4.69) is 15.6 Å². The molecule has 172 valence electrons. The average molecular weight is 545 g/mol. The van der Waals surface area contributed by atoms with Crippen molar-refractivity contribution in [3.63, 3.8) is 0 Å². The number of hydrogen-bond acceptors (Lipinski definition) is 6. The van der Waals surface area contributed by atoms with Gasteiger partial charge in [-0.15, -0.1) is 24.0 Å². The molecule has 0 saturated heterocycles. The fourth-order valence-corrected chi connectivity index (χ4v) is 2.73. The van der Waals surface area contributed by atoms with E-state index < -0.39 is 0 Å². The van der Waals surface area contributed by atoms with Gasteiger partial charge in [-0.05, 0) is 19.1 Å². The highest BCUT2D eigenvalue weighted by Gasteiger charge is 2.14. The lowest BCUT2D eigenvalue weighted by Gasteiger charge is -2.16. The summed E-state index contributed by atoms with van der Waals surface area (Å²) >= 11 is 0. The van der Waals surface area contributed by atoms with Crippen molar-refractivity contribution in [2.75, 3.05) is 53.5 Å². The van der Waals surface area contributed by atoms with E-state index in [4.69, 9.17) is 23.7 Å². The lowest BCUT2D eigenvalue weighted by Crippen LogP contribution is -2.30. The number of benzene rings is 2. The molecule has 0 spiro atoms. The summed E-state index contributed by atoms with van der Waals surface area (Å²) < 4.78 is 27.1. The third kappa shape index (κ3) is 8.23. The normalized spacial score (nSPS) is 10.5. The molecule has 2 aromatic carbocycles. The van der Waals surface area contributed by atoms with Crippen LogP contribution in [0.3, 0.4) is 0 Å². The zero-order valence-electron chi connectivity index (χ0n) is 18.7. The van der Waals surface area contributed by atoms with Gasteiger partial charge in [0.1, 0.15) is 11.5 Å². The molecule has 0 heterocycles. The summed E-state index contributed by atoms with van der Waals surface area (Å²) in [4.78, 5) is 4.60. The highest BCUT2D eigenvalue weighted by atomic mass is 127. The standard InChI is InChI=1S/C22H31N3O5.HI/c1-6-23-22(24-11-8-12-30-18-10-7-9-17(15-18)26-2)25-16-13-19(27-3)21(29-5)20(14-16)28-4;/h7,9-10,13-15H,6,8,11-12H2,1-5H3,(H2,23,24,25);1H. The Morgan fingerprint density at radius 2 is 1.58 bits per heavy atom. The third-order valence-electron chi connectivity index (χ3n) is 4.15. The predicted octanol–water partition coefficient (Wildman–Crippen LogP) is 4.19. The zero-order valence-corrected chi connectivity index (χ0v) is 21.0. The smallest absolute Gasteiger partial charge is 0.203 e. The molecular formula is C22H32IN3O5. The Morgan fingerprint density at radius 3 is 2.16 bits per heavy atom. The highest BCUT2D eigenvalue weighted by molar-refractivity contribution is 14.0. The number of methoxy groups -OCH3 is 4. The van der Waals surface area contributed by atoms with Crippen molar-refractivity contribution in [1.82, 2.24) is 5.32 Å². The van der Waals surface area contributed by atoms with Crippen LogP contribution in [0.2, 0.25) is 0 Å². The Bertz CT molecular complexity index is 808. The van der Waals surface area contributed by atoms with Gasteiger partial charge in [-0.25, -0.2) is 0 Å². The van der Waals surface area contributed by atoms with Crippen molar-refractivity contribution in [1.29, 1.82) is 0 Å². The first-order valence-electron chi connectivity index (χ1n) is 9.77. The van der Waals surface area contributed by atoms with Crippen molar-refractivity contribution in [3.05, 3.63) is 36.4 Å². The first-order chi connectivity index (χ1) is 14.6. The molecule has 0 amide bonds. The molecule has 2 rings (SSSR count). The first-order valence-corrected chi connectivity index (χ1v) is 9.77. The van der Waals surface area contributed by atoms with E-state index in [0.29, 0.717) is 36.4 Å². The Labute approximate surface area is 201 Å². The molecule has 2 N–H and O–H groups in total. The monoisotopic (exact) mass is 545 g/mol. The topological polar surface area (TPSA) is 82.6 Å². The number of ether oxygens (including phenoxy) is 5. The molecule has 0 atom stereocenters. The second-order valence-electron chi connectivity index (χ2n) is 6.18. The van der Waals surface area contributed by atoms with Crippen LogP contribution in [0.4, 0.5) is 5.69 Å². The summed E-state index contributed by atoms with van der Waals surface area (Å²) in [6.45, 7) is 3.90.